The van der Waals surface area contributed by atoms with Gasteiger partial charge >= 0.3 is 0 Å². The normalized spacial score (nSPS) is 15.6. The first-order chi connectivity index (χ1) is 13.3. The zero-order valence-electron chi connectivity index (χ0n) is 16.2. The van der Waals surface area contributed by atoms with E-state index in [2.05, 4.69) is 17.1 Å². The molecule has 0 aliphatic carbocycles. The largest absolute Gasteiger partial charge is 0.494 e. The molecule has 1 atom stereocenters. The molecule has 0 spiro atoms. The van der Waals surface area contributed by atoms with Crippen molar-refractivity contribution in [3.05, 3.63) is 54.0 Å². The summed E-state index contributed by atoms with van der Waals surface area (Å²) in [5.74, 6) is 1.66. The molecule has 1 amide bonds. The van der Waals surface area contributed by atoms with Gasteiger partial charge in [0, 0.05) is 12.1 Å². The molecule has 0 bridgehead atoms. The summed E-state index contributed by atoms with van der Waals surface area (Å²) in [7, 11) is 0. The number of likely N-dealkylation sites (tertiary alicyclic amines) is 1. The Bertz CT molecular complexity index is 676. The van der Waals surface area contributed by atoms with Gasteiger partial charge in [-0.3, -0.25) is 9.69 Å². The Morgan fingerprint density at radius 2 is 1.96 bits per heavy atom. The summed E-state index contributed by atoms with van der Waals surface area (Å²) in [5.41, 5.74) is 0.649. The number of carbonyl (C=O) groups is 1. The first-order valence-electron chi connectivity index (χ1n) is 10.1. The lowest BCUT2D eigenvalue weighted by atomic mass is 10.1. The van der Waals surface area contributed by atoms with E-state index in [0.29, 0.717) is 12.1 Å². The summed E-state index contributed by atoms with van der Waals surface area (Å²) in [6, 6.07) is 11.4. The molecular weight excluding hydrogens is 340 g/mol. The zero-order valence-corrected chi connectivity index (χ0v) is 16.2. The van der Waals surface area contributed by atoms with Gasteiger partial charge in [-0.1, -0.05) is 19.8 Å². The van der Waals surface area contributed by atoms with Crippen LogP contribution in [0.3, 0.4) is 0 Å². The van der Waals surface area contributed by atoms with Crippen molar-refractivity contribution in [1.82, 2.24) is 10.2 Å². The van der Waals surface area contributed by atoms with Crippen LogP contribution in [0.25, 0.3) is 0 Å². The SMILES string of the molecule is CCCCCOc1ccc(C(=O)NCC(c2ccco2)N2CCCC2)cc1. The molecule has 1 aliphatic heterocycles. The highest BCUT2D eigenvalue weighted by atomic mass is 16.5. The Labute approximate surface area is 161 Å². The van der Waals surface area contributed by atoms with E-state index in [4.69, 9.17) is 9.15 Å². The average Bonchev–Trinajstić information content (AvgIpc) is 3.40. The first-order valence-corrected chi connectivity index (χ1v) is 10.1. The summed E-state index contributed by atoms with van der Waals surface area (Å²) >= 11 is 0. The van der Waals surface area contributed by atoms with E-state index in [1.165, 1.54) is 25.7 Å². The minimum atomic E-state index is -0.0664. The topological polar surface area (TPSA) is 54.7 Å². The van der Waals surface area contributed by atoms with E-state index in [9.17, 15) is 4.79 Å². The number of unbranched alkanes of at least 4 members (excludes halogenated alkanes) is 2. The third-order valence-electron chi connectivity index (χ3n) is 5.04. The second-order valence-electron chi connectivity index (χ2n) is 7.06. The van der Waals surface area contributed by atoms with Crippen LogP contribution in [-0.2, 0) is 0 Å². The van der Waals surface area contributed by atoms with Gasteiger partial charge in [-0.15, -0.1) is 0 Å². The van der Waals surface area contributed by atoms with Crippen molar-refractivity contribution in [3.8, 4) is 5.75 Å². The molecule has 3 rings (SSSR count). The third-order valence-corrected chi connectivity index (χ3v) is 5.04. The van der Waals surface area contributed by atoms with Crippen LogP contribution in [-0.4, -0.2) is 37.0 Å². The second kappa shape index (κ2) is 10.2. The maximum Gasteiger partial charge on any atom is 0.251 e. The van der Waals surface area contributed by atoms with Gasteiger partial charge in [-0.25, -0.2) is 0 Å². The lowest BCUT2D eigenvalue weighted by molar-refractivity contribution is 0.0933. The molecule has 0 saturated carbocycles. The van der Waals surface area contributed by atoms with Gasteiger partial charge in [0.15, 0.2) is 0 Å². The van der Waals surface area contributed by atoms with Crippen LogP contribution in [0.15, 0.2) is 47.1 Å². The lowest BCUT2D eigenvalue weighted by Gasteiger charge is -2.26. The number of rotatable bonds is 10. The van der Waals surface area contributed by atoms with E-state index in [1.807, 2.05) is 36.4 Å². The molecule has 27 heavy (non-hydrogen) atoms. The van der Waals surface area contributed by atoms with Crippen molar-refractivity contribution in [2.75, 3.05) is 26.2 Å². The first kappa shape index (κ1) is 19.5. The average molecular weight is 370 g/mol. The molecule has 1 fully saturated rings. The Morgan fingerprint density at radius 1 is 1.19 bits per heavy atom. The number of nitrogens with one attached hydrogen (secondary N) is 1. The molecule has 1 saturated heterocycles. The molecule has 1 N–H and O–H groups in total. The summed E-state index contributed by atoms with van der Waals surface area (Å²) in [6.07, 6.45) is 7.51. The van der Waals surface area contributed by atoms with Crippen molar-refractivity contribution in [2.45, 2.75) is 45.1 Å². The molecule has 2 aromatic rings. The third kappa shape index (κ3) is 5.60. The molecule has 1 aliphatic rings. The fourth-order valence-corrected chi connectivity index (χ4v) is 3.48. The number of ether oxygens (including phenoxy) is 1. The standard InChI is InChI=1S/C22H30N2O3/c1-2-3-6-15-26-19-11-9-18(10-12-19)22(25)23-17-20(21-8-7-16-27-21)24-13-4-5-14-24/h7-12,16,20H,2-6,13-15,17H2,1H3,(H,23,25). The molecule has 2 heterocycles. The van der Waals surface area contributed by atoms with Gasteiger partial charge in [-0.05, 0) is 68.8 Å². The van der Waals surface area contributed by atoms with Gasteiger partial charge in [0.05, 0.1) is 18.9 Å². The van der Waals surface area contributed by atoms with E-state index in [0.717, 1.165) is 37.6 Å². The number of nitrogens with zero attached hydrogens (tertiary/aromatic N) is 1. The number of amides is 1. The minimum absolute atomic E-state index is 0.0664. The van der Waals surface area contributed by atoms with Crippen LogP contribution in [0, 0.1) is 0 Å². The monoisotopic (exact) mass is 370 g/mol. The van der Waals surface area contributed by atoms with E-state index >= 15 is 0 Å². The summed E-state index contributed by atoms with van der Waals surface area (Å²) in [6.45, 7) is 5.53. The second-order valence-corrected chi connectivity index (χ2v) is 7.06. The van der Waals surface area contributed by atoms with Gasteiger partial charge in [0.1, 0.15) is 11.5 Å². The maximum atomic E-state index is 12.5. The molecule has 1 unspecified atom stereocenters. The zero-order chi connectivity index (χ0) is 18.9. The van der Waals surface area contributed by atoms with Gasteiger partial charge in [0.25, 0.3) is 5.91 Å². The number of hydrogen-bond acceptors (Lipinski definition) is 4. The fraction of sp³-hybridized carbons (Fsp3) is 0.500. The predicted molar refractivity (Wildman–Crippen MR) is 106 cm³/mol. The Balaban J connectivity index is 1.52. The van der Waals surface area contributed by atoms with Crippen molar-refractivity contribution in [2.24, 2.45) is 0 Å². The van der Waals surface area contributed by atoms with Crippen LogP contribution in [0.4, 0.5) is 0 Å². The highest BCUT2D eigenvalue weighted by Gasteiger charge is 2.26. The van der Waals surface area contributed by atoms with Crippen LogP contribution >= 0.6 is 0 Å². The fourth-order valence-electron chi connectivity index (χ4n) is 3.48. The van der Waals surface area contributed by atoms with Crippen LogP contribution < -0.4 is 10.1 Å². The summed E-state index contributed by atoms with van der Waals surface area (Å²) < 4.78 is 11.3. The number of carbonyl (C=O) groups excluding carboxylic acids is 1. The minimum Gasteiger partial charge on any atom is -0.494 e. The molecule has 5 nitrogen and oxygen atoms in total. The molecule has 146 valence electrons. The van der Waals surface area contributed by atoms with Crippen molar-refractivity contribution >= 4 is 5.91 Å². The van der Waals surface area contributed by atoms with Gasteiger partial charge in [0.2, 0.25) is 0 Å². The highest BCUT2D eigenvalue weighted by molar-refractivity contribution is 5.94. The molecule has 5 heteroatoms. The molecule has 1 aromatic heterocycles. The van der Waals surface area contributed by atoms with E-state index < -0.39 is 0 Å². The Kier molecular flexibility index (Phi) is 7.34. The number of hydrogen-bond donors (Lipinski definition) is 1. The van der Waals surface area contributed by atoms with Crippen LogP contribution in [0.5, 0.6) is 5.75 Å². The number of furan rings is 1. The van der Waals surface area contributed by atoms with Crippen LogP contribution in [0.1, 0.15) is 61.2 Å². The lowest BCUT2D eigenvalue weighted by Crippen LogP contribution is -2.36. The Hall–Kier alpha value is -2.27. The van der Waals surface area contributed by atoms with E-state index in [-0.39, 0.29) is 11.9 Å². The summed E-state index contributed by atoms with van der Waals surface area (Å²) in [4.78, 5) is 14.9. The van der Waals surface area contributed by atoms with Crippen molar-refractivity contribution in [1.29, 1.82) is 0 Å². The highest BCUT2D eigenvalue weighted by Crippen LogP contribution is 2.25. The predicted octanol–water partition coefficient (Wildman–Crippen LogP) is 4.42. The molecular formula is C22H30N2O3. The van der Waals surface area contributed by atoms with Gasteiger partial charge in [-0.2, -0.15) is 0 Å². The quantitative estimate of drug-likeness (QED) is 0.629. The summed E-state index contributed by atoms with van der Waals surface area (Å²) in [5, 5.41) is 3.06. The van der Waals surface area contributed by atoms with Crippen LogP contribution in [0.2, 0.25) is 0 Å². The van der Waals surface area contributed by atoms with Crippen molar-refractivity contribution < 1.29 is 13.9 Å². The molecule has 1 aromatic carbocycles. The maximum absolute atomic E-state index is 12.5. The van der Waals surface area contributed by atoms with Gasteiger partial charge < -0.3 is 14.5 Å². The Morgan fingerprint density at radius 3 is 2.63 bits per heavy atom. The molecule has 0 radical (unpaired) electrons. The van der Waals surface area contributed by atoms with Crippen molar-refractivity contribution in [3.63, 3.8) is 0 Å². The van der Waals surface area contributed by atoms with E-state index in [1.54, 1.807) is 6.26 Å². The number of benzene rings is 1. The smallest absolute Gasteiger partial charge is 0.251 e.